The van der Waals surface area contributed by atoms with Gasteiger partial charge in [-0.15, -0.1) is 10.0 Å². The van der Waals surface area contributed by atoms with Crippen LogP contribution in [0.25, 0.3) is 0 Å². The number of alkyl halides is 9. The Labute approximate surface area is 229 Å². The summed E-state index contributed by atoms with van der Waals surface area (Å²) in [5.41, 5.74) is -3.77. The summed E-state index contributed by atoms with van der Waals surface area (Å²) in [7, 11) is 0. The van der Waals surface area contributed by atoms with Gasteiger partial charge in [-0.05, 0) is 63.4 Å². The minimum Gasteiger partial charge on any atom is -0.416 e. The number of aryl methyl sites for hydroxylation is 1. The number of carbonyl (C=O) groups excluding carboxylic acids is 2. The van der Waals surface area contributed by atoms with Crippen LogP contribution in [0.2, 0.25) is 0 Å². The summed E-state index contributed by atoms with van der Waals surface area (Å²) in [6.45, 7) is 4.54. The zero-order valence-electron chi connectivity index (χ0n) is 22.4. The minimum atomic E-state index is -5.32. The second-order valence-electron chi connectivity index (χ2n) is 10.0. The van der Waals surface area contributed by atoms with Crippen molar-refractivity contribution >= 4 is 17.6 Å². The molecular formula is C27H28F9N2O3+. The highest BCUT2D eigenvalue weighted by molar-refractivity contribution is 5.97. The average molecular weight is 600 g/mol. The number of carbonyl (C=O) groups is 2. The molecule has 0 fully saturated rings. The lowest BCUT2D eigenvalue weighted by molar-refractivity contribution is -0.144. The molecule has 0 aliphatic carbocycles. The minimum absolute atomic E-state index is 0.0363. The zero-order chi connectivity index (χ0) is 31.1. The summed E-state index contributed by atoms with van der Waals surface area (Å²) >= 11 is 0. The highest BCUT2D eigenvalue weighted by Crippen LogP contribution is 2.43. The average Bonchev–Trinajstić information content (AvgIpc) is 2.83. The lowest BCUT2D eigenvalue weighted by Gasteiger charge is -2.43. The van der Waals surface area contributed by atoms with E-state index in [1.165, 1.54) is 13.8 Å². The fourth-order valence-electron chi connectivity index (χ4n) is 5.15. The number of ether oxygens (including phenoxy) is 1. The van der Waals surface area contributed by atoms with Crippen LogP contribution in [0, 0.1) is 0 Å². The molecule has 2 aromatic rings. The number of halogens is 9. The van der Waals surface area contributed by atoms with Crippen molar-refractivity contribution in [3.8, 4) is 0 Å². The topological polar surface area (TPSA) is 55.4 Å². The van der Waals surface area contributed by atoms with Crippen molar-refractivity contribution in [1.29, 1.82) is 0 Å². The van der Waals surface area contributed by atoms with Gasteiger partial charge in [0, 0.05) is 23.6 Å². The van der Waals surface area contributed by atoms with Crippen molar-refractivity contribution in [1.82, 2.24) is 10.0 Å². The molecule has 14 heteroatoms. The number of Topliss-reactive ketones (excluding diaryl/α,β-unsaturated/α-hetero) is 1. The van der Waals surface area contributed by atoms with Gasteiger partial charge in [0.05, 0.1) is 23.2 Å². The summed E-state index contributed by atoms with van der Waals surface area (Å²) in [4.78, 5) is 25.5. The molecular weight excluding hydrogens is 571 g/mol. The zero-order valence-corrected chi connectivity index (χ0v) is 22.4. The van der Waals surface area contributed by atoms with Gasteiger partial charge in [0.25, 0.3) is 0 Å². The fraction of sp³-hybridized carbons (Fsp3) is 0.481. The Kier molecular flexibility index (Phi) is 8.90. The molecule has 0 aromatic heterocycles. The van der Waals surface area contributed by atoms with Crippen molar-refractivity contribution in [2.45, 2.75) is 84.2 Å². The van der Waals surface area contributed by atoms with Crippen LogP contribution in [0.5, 0.6) is 0 Å². The van der Waals surface area contributed by atoms with Crippen molar-refractivity contribution in [2.24, 2.45) is 0 Å². The third kappa shape index (κ3) is 6.53. The van der Waals surface area contributed by atoms with Crippen molar-refractivity contribution in [2.75, 3.05) is 0 Å². The molecule has 1 heterocycles. The Bertz CT molecular complexity index is 1280. The smallest absolute Gasteiger partial charge is 0.416 e. The largest absolute Gasteiger partial charge is 0.541 e. The van der Waals surface area contributed by atoms with Crippen LogP contribution in [0.3, 0.4) is 0 Å². The highest BCUT2D eigenvalue weighted by atomic mass is 19.4. The maximum absolute atomic E-state index is 13.8. The standard InChI is InChI=1S/C27H28F9N2O3/c1-5-19-8-6-17-12-18(25(28,29)30)7-9-22(17)38(19,24(40)41-14(2)3)37-13-16-10-20(26(31,32)33)23(15(4)39)21(11-16)27(34,35)36/h7,9-12,14,19,37H,5-6,8,13H2,1-4H3/q+1. The fourth-order valence-corrected chi connectivity index (χ4v) is 5.15. The molecule has 2 atom stereocenters. The Balaban J connectivity index is 2.24. The number of hydrogen-bond acceptors (Lipinski definition) is 4. The third-order valence-electron chi connectivity index (χ3n) is 6.87. The Morgan fingerprint density at radius 3 is 1.95 bits per heavy atom. The number of benzene rings is 2. The third-order valence-corrected chi connectivity index (χ3v) is 6.87. The van der Waals surface area contributed by atoms with E-state index in [4.69, 9.17) is 4.74 Å². The summed E-state index contributed by atoms with van der Waals surface area (Å²) in [6.07, 6.45) is -16.5. The molecule has 2 unspecified atom stereocenters. The monoisotopic (exact) mass is 599 g/mol. The first-order valence-corrected chi connectivity index (χ1v) is 12.6. The van der Waals surface area contributed by atoms with Gasteiger partial charge < -0.3 is 4.74 Å². The molecule has 41 heavy (non-hydrogen) atoms. The van der Waals surface area contributed by atoms with E-state index in [1.54, 1.807) is 6.92 Å². The van der Waals surface area contributed by atoms with Crippen LogP contribution in [-0.4, -0.2) is 24.0 Å². The lowest BCUT2D eigenvalue weighted by Crippen LogP contribution is -2.70. The van der Waals surface area contributed by atoms with E-state index in [0.717, 1.165) is 18.2 Å². The molecule has 1 aliphatic rings. The van der Waals surface area contributed by atoms with Crippen LogP contribution in [0.4, 0.5) is 50.0 Å². The van der Waals surface area contributed by atoms with Crippen molar-refractivity contribution in [3.05, 3.63) is 63.7 Å². The van der Waals surface area contributed by atoms with E-state index in [1.807, 2.05) is 0 Å². The number of rotatable bonds is 6. The van der Waals surface area contributed by atoms with Gasteiger partial charge in [-0.1, -0.05) is 6.92 Å². The van der Waals surface area contributed by atoms with E-state index in [0.29, 0.717) is 19.1 Å². The SMILES string of the molecule is CCC1CCc2cc(C(F)(F)F)ccc2[N+]1(NCc1cc(C(F)(F)F)c(C(C)=O)c(C(F)(F)F)c1)C(=O)OC(C)C. The van der Waals surface area contributed by atoms with Crippen molar-refractivity contribution < 1.29 is 53.8 Å². The van der Waals surface area contributed by atoms with Crippen LogP contribution in [0.1, 0.15) is 78.7 Å². The maximum Gasteiger partial charge on any atom is 0.541 e. The molecule has 1 aliphatic heterocycles. The van der Waals surface area contributed by atoms with Gasteiger partial charge in [0.15, 0.2) is 11.5 Å². The molecule has 0 saturated heterocycles. The predicted molar refractivity (Wildman–Crippen MR) is 131 cm³/mol. The first kappa shape index (κ1) is 32.4. The normalized spacial score (nSPS) is 19.7. The van der Waals surface area contributed by atoms with Gasteiger partial charge >= 0.3 is 24.6 Å². The van der Waals surface area contributed by atoms with Gasteiger partial charge in [-0.25, -0.2) is 0 Å². The van der Waals surface area contributed by atoms with Gasteiger partial charge in [-0.2, -0.15) is 44.3 Å². The van der Waals surface area contributed by atoms with Crippen LogP contribution < -0.4 is 10.0 Å². The molecule has 226 valence electrons. The quantitative estimate of drug-likeness (QED) is 0.207. The first-order chi connectivity index (χ1) is 18.7. The Morgan fingerprint density at radius 2 is 1.51 bits per heavy atom. The lowest BCUT2D eigenvalue weighted by atomic mass is 9.91. The summed E-state index contributed by atoms with van der Waals surface area (Å²) in [5, 5.41) is 0. The van der Waals surface area contributed by atoms with E-state index < -0.39 is 81.5 Å². The summed E-state index contributed by atoms with van der Waals surface area (Å²) in [5.74, 6) is -1.44. The van der Waals surface area contributed by atoms with Gasteiger partial charge in [0.1, 0.15) is 12.1 Å². The van der Waals surface area contributed by atoms with Crippen LogP contribution >= 0.6 is 0 Å². The van der Waals surface area contributed by atoms with E-state index in [-0.39, 0.29) is 30.5 Å². The van der Waals surface area contributed by atoms with Crippen LogP contribution in [-0.2, 0) is 36.2 Å². The van der Waals surface area contributed by atoms with Crippen LogP contribution in [0.15, 0.2) is 30.3 Å². The molecule has 0 radical (unpaired) electrons. The molecule has 0 spiro atoms. The molecule has 0 saturated carbocycles. The first-order valence-electron chi connectivity index (χ1n) is 12.6. The summed E-state index contributed by atoms with van der Waals surface area (Å²) in [6, 6.07) is 2.77. The maximum atomic E-state index is 13.8. The second kappa shape index (κ2) is 11.3. The number of amides is 1. The Morgan fingerprint density at radius 1 is 0.951 bits per heavy atom. The number of nitrogens with one attached hydrogen (secondary N) is 1. The molecule has 1 amide bonds. The molecule has 2 aromatic carbocycles. The van der Waals surface area contributed by atoms with Gasteiger partial charge in [0.2, 0.25) is 0 Å². The molecule has 1 N–H and O–H groups in total. The molecule has 3 rings (SSSR count). The number of fused-ring (bicyclic) bond motifs is 1. The van der Waals surface area contributed by atoms with E-state index in [2.05, 4.69) is 5.43 Å². The number of quaternary nitrogens is 1. The van der Waals surface area contributed by atoms with Gasteiger partial charge in [-0.3, -0.25) is 4.79 Å². The predicted octanol–water partition coefficient (Wildman–Crippen LogP) is 8.23. The molecule has 5 nitrogen and oxygen atoms in total. The van der Waals surface area contributed by atoms with E-state index in [9.17, 15) is 49.1 Å². The molecule has 0 bridgehead atoms. The second-order valence-corrected chi connectivity index (χ2v) is 10.0. The number of nitrogens with zero attached hydrogens (tertiary/aromatic N) is 1. The Hall–Kier alpha value is -3.13. The van der Waals surface area contributed by atoms with Crippen molar-refractivity contribution in [3.63, 3.8) is 0 Å². The highest BCUT2D eigenvalue weighted by Gasteiger charge is 2.53. The number of hydrogen-bond donors (Lipinski definition) is 1. The summed E-state index contributed by atoms with van der Waals surface area (Å²) < 4.78 is 128. The van der Waals surface area contributed by atoms with E-state index >= 15 is 0 Å². The number of ketones is 1.